The highest BCUT2D eigenvalue weighted by atomic mass is 127. The first kappa shape index (κ1) is 18.4. The summed E-state index contributed by atoms with van der Waals surface area (Å²) in [6.07, 6.45) is 0. The molecule has 138 valence electrons. The summed E-state index contributed by atoms with van der Waals surface area (Å²) in [5.41, 5.74) is 2.41. The number of hydrogen-bond donors (Lipinski definition) is 1. The molecule has 0 radical (unpaired) electrons. The molecule has 2 heterocycles. The highest BCUT2D eigenvalue weighted by molar-refractivity contribution is 14.1. The predicted octanol–water partition coefficient (Wildman–Crippen LogP) is 5.02. The molecule has 0 saturated carbocycles. The maximum Gasteiger partial charge on any atom is 0.344 e. The van der Waals surface area contributed by atoms with Crippen molar-refractivity contribution in [2.45, 2.75) is 6.92 Å². The first-order valence-electron chi connectivity index (χ1n) is 8.59. The zero-order valence-electron chi connectivity index (χ0n) is 14.9. The number of amides is 1. The van der Waals surface area contributed by atoms with Gasteiger partial charge >= 0.3 is 5.63 Å². The third-order valence-corrected chi connectivity index (χ3v) is 5.48. The summed E-state index contributed by atoms with van der Waals surface area (Å²) in [6.45, 7) is 1.89. The van der Waals surface area contributed by atoms with Crippen LogP contribution in [0.1, 0.15) is 16.1 Å². The lowest BCUT2D eigenvalue weighted by molar-refractivity contribution is 0.102. The van der Waals surface area contributed by atoms with Gasteiger partial charge in [0.15, 0.2) is 0 Å². The summed E-state index contributed by atoms with van der Waals surface area (Å²) in [5, 5.41) is 3.62. The quantitative estimate of drug-likeness (QED) is 0.329. The van der Waals surface area contributed by atoms with Crippen LogP contribution in [0.2, 0.25) is 0 Å². The second-order valence-electron chi connectivity index (χ2n) is 6.28. The van der Waals surface area contributed by atoms with E-state index in [4.69, 9.17) is 4.42 Å². The lowest BCUT2D eigenvalue weighted by Gasteiger charge is -2.08. The van der Waals surface area contributed by atoms with Crippen molar-refractivity contribution in [2.75, 3.05) is 5.32 Å². The Morgan fingerprint density at radius 3 is 2.68 bits per heavy atom. The van der Waals surface area contributed by atoms with Crippen molar-refractivity contribution in [2.24, 2.45) is 0 Å². The van der Waals surface area contributed by atoms with Crippen LogP contribution in [0.5, 0.6) is 0 Å². The minimum Gasteiger partial charge on any atom is -0.422 e. The number of pyridine rings is 1. The number of fused-ring (bicyclic) bond motifs is 1. The van der Waals surface area contributed by atoms with Crippen molar-refractivity contribution in [1.82, 2.24) is 4.98 Å². The van der Waals surface area contributed by atoms with Gasteiger partial charge in [-0.1, -0.05) is 30.3 Å². The largest absolute Gasteiger partial charge is 0.422 e. The summed E-state index contributed by atoms with van der Waals surface area (Å²) in [7, 11) is 0. The van der Waals surface area contributed by atoms with E-state index in [9.17, 15) is 9.59 Å². The van der Waals surface area contributed by atoms with Gasteiger partial charge in [-0.25, -0.2) is 9.78 Å². The number of benzene rings is 2. The van der Waals surface area contributed by atoms with Crippen molar-refractivity contribution in [3.8, 4) is 11.1 Å². The molecular weight excluding hydrogens is 467 g/mol. The molecule has 1 amide bonds. The molecule has 6 heteroatoms. The molecule has 2 aromatic heterocycles. The number of aryl methyl sites for hydroxylation is 1. The van der Waals surface area contributed by atoms with E-state index in [1.54, 1.807) is 42.5 Å². The van der Waals surface area contributed by atoms with Crippen LogP contribution in [0, 0.1) is 10.5 Å². The molecule has 28 heavy (non-hydrogen) atoms. The van der Waals surface area contributed by atoms with Crippen molar-refractivity contribution in [3.05, 3.63) is 92.0 Å². The number of halogens is 1. The highest BCUT2D eigenvalue weighted by Crippen LogP contribution is 2.22. The molecule has 0 spiro atoms. The van der Waals surface area contributed by atoms with Crippen LogP contribution >= 0.6 is 22.6 Å². The normalized spacial score (nSPS) is 10.8. The number of nitrogens with one attached hydrogen (secondary N) is 1. The van der Waals surface area contributed by atoms with Crippen LogP contribution in [-0.2, 0) is 0 Å². The van der Waals surface area contributed by atoms with E-state index in [0.29, 0.717) is 28.1 Å². The minimum absolute atomic E-state index is 0.292. The molecule has 0 saturated heterocycles. The van der Waals surface area contributed by atoms with Crippen molar-refractivity contribution < 1.29 is 9.21 Å². The Hall–Kier alpha value is -3.00. The molecule has 0 bridgehead atoms. The Balaban J connectivity index is 1.68. The number of aromatic nitrogens is 1. The fraction of sp³-hybridized carbons (Fsp3) is 0.0455. The van der Waals surface area contributed by atoms with Crippen LogP contribution in [0.4, 0.5) is 5.82 Å². The Morgan fingerprint density at radius 1 is 1.04 bits per heavy atom. The average molecular weight is 482 g/mol. The SMILES string of the molecule is Cc1nc(NC(=O)c2cccc(-c3cc4ccccc4oc3=O)c2)ccc1I. The van der Waals surface area contributed by atoms with E-state index >= 15 is 0 Å². The van der Waals surface area contributed by atoms with E-state index in [-0.39, 0.29) is 5.91 Å². The number of nitrogens with zero attached hydrogens (tertiary/aromatic N) is 1. The van der Waals surface area contributed by atoms with Gasteiger partial charge in [0.25, 0.3) is 5.91 Å². The van der Waals surface area contributed by atoms with Gasteiger partial charge in [-0.3, -0.25) is 4.79 Å². The molecule has 5 nitrogen and oxygen atoms in total. The standard InChI is InChI=1S/C22H15IN2O3/c1-13-18(23)9-10-20(24-13)25-21(26)16-7-4-6-14(11-16)17-12-15-5-2-3-8-19(15)28-22(17)27/h2-12H,1H3,(H,24,25,26). The van der Waals surface area contributed by atoms with E-state index in [0.717, 1.165) is 14.7 Å². The molecule has 4 rings (SSSR count). The van der Waals surface area contributed by atoms with Gasteiger partial charge in [0.1, 0.15) is 11.4 Å². The predicted molar refractivity (Wildman–Crippen MR) is 118 cm³/mol. The molecule has 0 fully saturated rings. The van der Waals surface area contributed by atoms with E-state index < -0.39 is 5.63 Å². The first-order chi connectivity index (χ1) is 13.5. The van der Waals surface area contributed by atoms with Gasteiger partial charge in [0.2, 0.25) is 0 Å². The van der Waals surface area contributed by atoms with Gasteiger partial charge in [0, 0.05) is 14.5 Å². The van der Waals surface area contributed by atoms with Gasteiger partial charge in [0.05, 0.1) is 11.3 Å². The van der Waals surface area contributed by atoms with E-state index in [1.807, 2.05) is 31.2 Å². The second kappa shape index (κ2) is 7.55. The Bertz CT molecular complexity index is 1260. The minimum atomic E-state index is -0.439. The van der Waals surface area contributed by atoms with Crippen molar-refractivity contribution >= 4 is 45.3 Å². The smallest absolute Gasteiger partial charge is 0.344 e. The zero-order valence-corrected chi connectivity index (χ0v) is 17.1. The topological polar surface area (TPSA) is 72.2 Å². The molecule has 2 aromatic carbocycles. The molecule has 0 aliphatic heterocycles. The molecule has 0 aliphatic carbocycles. The Kier molecular flexibility index (Phi) is 4.95. The number of carbonyl (C=O) groups is 1. The lowest BCUT2D eigenvalue weighted by atomic mass is 10.0. The first-order valence-corrected chi connectivity index (χ1v) is 9.67. The summed E-state index contributed by atoms with van der Waals surface area (Å²) in [5.74, 6) is 0.193. The number of rotatable bonds is 3. The van der Waals surface area contributed by atoms with Gasteiger partial charge in [-0.05, 0) is 71.5 Å². The van der Waals surface area contributed by atoms with Crippen LogP contribution in [0.25, 0.3) is 22.1 Å². The molecule has 0 unspecified atom stereocenters. The van der Waals surface area contributed by atoms with Crippen molar-refractivity contribution in [1.29, 1.82) is 0 Å². The summed E-state index contributed by atoms with van der Waals surface area (Å²) in [6, 6.07) is 19.7. The average Bonchev–Trinajstić information content (AvgIpc) is 2.70. The van der Waals surface area contributed by atoms with E-state index in [1.165, 1.54) is 0 Å². The highest BCUT2D eigenvalue weighted by Gasteiger charge is 2.12. The van der Waals surface area contributed by atoms with Gasteiger partial charge in [-0.2, -0.15) is 0 Å². The number of para-hydroxylation sites is 1. The molecular formula is C22H15IN2O3. The Labute approximate surface area is 174 Å². The van der Waals surface area contributed by atoms with Gasteiger partial charge < -0.3 is 9.73 Å². The van der Waals surface area contributed by atoms with Crippen LogP contribution in [-0.4, -0.2) is 10.9 Å². The third-order valence-electron chi connectivity index (χ3n) is 4.34. The van der Waals surface area contributed by atoms with E-state index in [2.05, 4.69) is 32.9 Å². The van der Waals surface area contributed by atoms with Crippen molar-refractivity contribution in [3.63, 3.8) is 0 Å². The Morgan fingerprint density at radius 2 is 1.86 bits per heavy atom. The monoisotopic (exact) mass is 482 g/mol. The summed E-state index contributed by atoms with van der Waals surface area (Å²) < 4.78 is 6.43. The fourth-order valence-electron chi connectivity index (χ4n) is 2.89. The second-order valence-corrected chi connectivity index (χ2v) is 7.45. The third kappa shape index (κ3) is 3.68. The van der Waals surface area contributed by atoms with Gasteiger partial charge in [-0.15, -0.1) is 0 Å². The maximum atomic E-state index is 12.6. The number of anilines is 1. The van der Waals surface area contributed by atoms with Crippen LogP contribution in [0.15, 0.2) is 75.9 Å². The number of hydrogen-bond acceptors (Lipinski definition) is 4. The van der Waals surface area contributed by atoms with Crippen LogP contribution in [0.3, 0.4) is 0 Å². The summed E-state index contributed by atoms with van der Waals surface area (Å²) >= 11 is 2.19. The summed E-state index contributed by atoms with van der Waals surface area (Å²) in [4.78, 5) is 29.4. The molecule has 0 aliphatic rings. The van der Waals surface area contributed by atoms with Crippen LogP contribution < -0.4 is 10.9 Å². The molecule has 1 N–H and O–H groups in total. The maximum absolute atomic E-state index is 12.6. The molecule has 0 atom stereocenters. The molecule has 4 aromatic rings. The lowest BCUT2D eigenvalue weighted by Crippen LogP contribution is -2.13. The fourth-order valence-corrected chi connectivity index (χ4v) is 3.19. The zero-order chi connectivity index (χ0) is 19.7. The number of carbonyl (C=O) groups excluding carboxylic acids is 1.